The van der Waals surface area contributed by atoms with Crippen molar-refractivity contribution in [3.05, 3.63) is 82.0 Å². The largest absolute Gasteiger partial charge is 0.207 e. The van der Waals surface area contributed by atoms with Gasteiger partial charge in [-0.15, -0.1) is 11.3 Å². The zero-order valence-electron chi connectivity index (χ0n) is 17.7. The average molecular weight is 407 g/mol. The van der Waals surface area contributed by atoms with Gasteiger partial charge in [0.1, 0.15) is 5.82 Å². The first-order valence-electron chi connectivity index (χ1n) is 11.0. The van der Waals surface area contributed by atoms with E-state index in [2.05, 4.69) is 51.1 Å². The van der Waals surface area contributed by atoms with Crippen LogP contribution in [0.2, 0.25) is 0 Å². The van der Waals surface area contributed by atoms with Gasteiger partial charge in [-0.3, -0.25) is 0 Å². The van der Waals surface area contributed by atoms with Crippen molar-refractivity contribution in [1.82, 2.24) is 0 Å². The summed E-state index contributed by atoms with van der Waals surface area (Å²) >= 11 is 1.82. The number of rotatable bonds is 5. The molecule has 0 nitrogen and oxygen atoms in total. The molecule has 3 unspecified atom stereocenters. The van der Waals surface area contributed by atoms with Crippen molar-refractivity contribution < 1.29 is 4.39 Å². The van der Waals surface area contributed by atoms with Crippen LogP contribution < -0.4 is 0 Å². The van der Waals surface area contributed by atoms with Crippen LogP contribution in [0, 0.1) is 24.6 Å². The highest BCUT2D eigenvalue weighted by Crippen LogP contribution is 2.41. The van der Waals surface area contributed by atoms with Gasteiger partial charge in [-0.25, -0.2) is 4.39 Å². The minimum absolute atomic E-state index is 0.180. The van der Waals surface area contributed by atoms with Gasteiger partial charge in [0.05, 0.1) is 0 Å². The van der Waals surface area contributed by atoms with Crippen LogP contribution in [0.4, 0.5) is 4.39 Å². The lowest BCUT2D eigenvalue weighted by molar-refractivity contribution is 0.247. The Morgan fingerprint density at radius 2 is 1.76 bits per heavy atom. The van der Waals surface area contributed by atoms with E-state index in [1.54, 1.807) is 0 Å². The third-order valence-electron chi connectivity index (χ3n) is 6.62. The summed E-state index contributed by atoms with van der Waals surface area (Å²) in [6, 6.07) is 18.4. The molecule has 1 saturated carbocycles. The van der Waals surface area contributed by atoms with E-state index in [0.29, 0.717) is 5.92 Å². The maximum absolute atomic E-state index is 13.2. The van der Waals surface area contributed by atoms with Gasteiger partial charge < -0.3 is 0 Å². The van der Waals surface area contributed by atoms with Crippen LogP contribution in [0.15, 0.2) is 54.6 Å². The lowest BCUT2D eigenvalue weighted by Gasteiger charge is -2.33. The first-order valence-corrected chi connectivity index (χ1v) is 11.8. The molecule has 0 aliphatic heterocycles. The molecular formula is C27H31FS. The van der Waals surface area contributed by atoms with Crippen LogP contribution in [-0.4, -0.2) is 0 Å². The molecule has 2 heteroatoms. The Hall–Kier alpha value is -1.93. The van der Waals surface area contributed by atoms with Gasteiger partial charge in [-0.1, -0.05) is 50.6 Å². The minimum atomic E-state index is -0.180. The van der Waals surface area contributed by atoms with E-state index in [9.17, 15) is 4.39 Å². The standard InChI is InChI=1S/C27H31FS/c1-4-20-13-18(2)14-24(15-20)22-6-5-19(3)23(16-22)17-26-11-12-27(29-26)21-7-9-25(28)10-8-21/h5-12,16,18,20,24H,4,13-15,17H2,1-3H3. The fraction of sp³-hybridized carbons (Fsp3) is 0.407. The van der Waals surface area contributed by atoms with Crippen molar-refractivity contribution in [1.29, 1.82) is 0 Å². The molecule has 1 aliphatic rings. The molecule has 29 heavy (non-hydrogen) atoms. The fourth-order valence-electron chi connectivity index (χ4n) is 4.92. The van der Waals surface area contributed by atoms with Crippen molar-refractivity contribution in [3.8, 4) is 10.4 Å². The van der Waals surface area contributed by atoms with Crippen molar-refractivity contribution in [2.75, 3.05) is 0 Å². The molecule has 1 aromatic heterocycles. The smallest absolute Gasteiger partial charge is 0.123 e. The summed E-state index contributed by atoms with van der Waals surface area (Å²) in [5.41, 5.74) is 5.45. The van der Waals surface area contributed by atoms with Crippen LogP contribution in [0.3, 0.4) is 0 Å². The summed E-state index contributed by atoms with van der Waals surface area (Å²) in [5, 5.41) is 0. The fourth-order valence-corrected chi connectivity index (χ4v) is 5.95. The molecule has 4 rings (SSSR count). The summed E-state index contributed by atoms with van der Waals surface area (Å²) in [6.45, 7) is 6.99. The first kappa shape index (κ1) is 20.3. The Kier molecular flexibility index (Phi) is 6.20. The Bertz CT molecular complexity index is 953. The lowest BCUT2D eigenvalue weighted by atomic mass is 9.72. The molecule has 2 aromatic carbocycles. The molecule has 3 atom stereocenters. The number of hydrogen-bond acceptors (Lipinski definition) is 1. The van der Waals surface area contributed by atoms with Crippen molar-refractivity contribution >= 4 is 11.3 Å². The summed E-state index contributed by atoms with van der Waals surface area (Å²) in [7, 11) is 0. The Labute approximate surface area is 178 Å². The predicted molar refractivity (Wildman–Crippen MR) is 123 cm³/mol. The number of halogens is 1. The van der Waals surface area contributed by atoms with Gasteiger partial charge >= 0.3 is 0 Å². The Morgan fingerprint density at radius 3 is 2.52 bits per heavy atom. The molecule has 1 fully saturated rings. The predicted octanol–water partition coefficient (Wildman–Crippen LogP) is 8.38. The molecule has 0 bridgehead atoms. The van der Waals surface area contributed by atoms with E-state index in [1.807, 2.05) is 23.5 Å². The van der Waals surface area contributed by atoms with E-state index in [1.165, 1.54) is 64.3 Å². The quantitative estimate of drug-likeness (QED) is 0.399. The number of aryl methyl sites for hydroxylation is 1. The number of benzene rings is 2. The van der Waals surface area contributed by atoms with Crippen LogP contribution in [0.25, 0.3) is 10.4 Å². The topological polar surface area (TPSA) is 0 Å². The maximum Gasteiger partial charge on any atom is 0.123 e. The molecular weight excluding hydrogens is 375 g/mol. The second-order valence-electron chi connectivity index (χ2n) is 8.92. The zero-order chi connectivity index (χ0) is 20.4. The van der Waals surface area contributed by atoms with Crippen LogP contribution in [-0.2, 0) is 6.42 Å². The molecule has 0 amide bonds. The normalized spacial score (nSPS) is 22.0. The molecule has 0 spiro atoms. The van der Waals surface area contributed by atoms with Gasteiger partial charge in [0.15, 0.2) is 0 Å². The summed E-state index contributed by atoms with van der Waals surface area (Å²) in [6.07, 6.45) is 6.35. The Balaban J connectivity index is 1.53. The molecule has 0 saturated heterocycles. The van der Waals surface area contributed by atoms with Crippen LogP contribution >= 0.6 is 11.3 Å². The summed E-state index contributed by atoms with van der Waals surface area (Å²) in [4.78, 5) is 2.58. The third-order valence-corrected chi connectivity index (χ3v) is 7.75. The molecule has 152 valence electrons. The first-order chi connectivity index (χ1) is 14.0. The molecule has 0 radical (unpaired) electrons. The summed E-state index contributed by atoms with van der Waals surface area (Å²) in [5.74, 6) is 2.24. The average Bonchev–Trinajstić information content (AvgIpc) is 3.18. The highest BCUT2D eigenvalue weighted by Gasteiger charge is 2.26. The van der Waals surface area contributed by atoms with E-state index in [4.69, 9.17) is 0 Å². The van der Waals surface area contributed by atoms with Gasteiger partial charge in [-0.2, -0.15) is 0 Å². The van der Waals surface area contributed by atoms with Gasteiger partial charge in [0.25, 0.3) is 0 Å². The molecule has 1 aliphatic carbocycles. The number of hydrogen-bond donors (Lipinski definition) is 0. The van der Waals surface area contributed by atoms with E-state index in [-0.39, 0.29) is 5.82 Å². The van der Waals surface area contributed by atoms with Gasteiger partial charge in [0, 0.05) is 16.2 Å². The summed E-state index contributed by atoms with van der Waals surface area (Å²) < 4.78 is 13.2. The van der Waals surface area contributed by atoms with Crippen LogP contribution in [0.5, 0.6) is 0 Å². The number of thiophene rings is 1. The van der Waals surface area contributed by atoms with Crippen LogP contribution in [0.1, 0.15) is 67.0 Å². The highest BCUT2D eigenvalue weighted by molar-refractivity contribution is 7.15. The Morgan fingerprint density at radius 1 is 0.966 bits per heavy atom. The van der Waals surface area contributed by atoms with Gasteiger partial charge in [0.2, 0.25) is 0 Å². The second-order valence-corrected chi connectivity index (χ2v) is 10.1. The second kappa shape index (κ2) is 8.83. The monoisotopic (exact) mass is 406 g/mol. The van der Waals surface area contributed by atoms with E-state index < -0.39 is 0 Å². The van der Waals surface area contributed by atoms with E-state index >= 15 is 0 Å². The minimum Gasteiger partial charge on any atom is -0.207 e. The third kappa shape index (κ3) is 4.80. The van der Waals surface area contributed by atoms with Crippen molar-refractivity contribution in [2.45, 2.75) is 58.8 Å². The molecule has 1 heterocycles. The lowest BCUT2D eigenvalue weighted by Crippen LogP contribution is -2.19. The van der Waals surface area contributed by atoms with Crippen molar-refractivity contribution in [2.24, 2.45) is 11.8 Å². The van der Waals surface area contributed by atoms with Crippen molar-refractivity contribution in [3.63, 3.8) is 0 Å². The van der Waals surface area contributed by atoms with Gasteiger partial charge in [-0.05, 0) is 90.5 Å². The molecule has 0 N–H and O–H groups in total. The SMILES string of the molecule is CCC1CC(C)CC(c2ccc(C)c(Cc3ccc(-c4ccc(F)cc4)s3)c2)C1. The molecule has 3 aromatic rings. The highest BCUT2D eigenvalue weighted by atomic mass is 32.1. The maximum atomic E-state index is 13.2. The zero-order valence-corrected chi connectivity index (χ0v) is 18.6. The van der Waals surface area contributed by atoms with E-state index in [0.717, 1.165) is 23.8 Å².